The minimum absolute atomic E-state index is 0.0336. The Morgan fingerprint density at radius 1 is 1.25 bits per heavy atom. The fraction of sp³-hybridized carbons (Fsp3) is 0.100. The summed E-state index contributed by atoms with van der Waals surface area (Å²) >= 11 is 8.71. The maximum absolute atomic E-state index is 12.7. The number of aromatic nitrogens is 1. The van der Waals surface area contributed by atoms with E-state index in [1.165, 1.54) is 12.1 Å². The van der Waals surface area contributed by atoms with Gasteiger partial charge in [0.2, 0.25) is 0 Å². The highest BCUT2D eigenvalue weighted by molar-refractivity contribution is 9.10. The van der Waals surface area contributed by atoms with Gasteiger partial charge in [0.25, 0.3) is 0 Å². The summed E-state index contributed by atoms with van der Waals surface area (Å²) in [4.78, 5) is 3.87. The van der Waals surface area contributed by atoms with E-state index in [1.807, 2.05) is 0 Å². The van der Waals surface area contributed by atoms with Crippen LogP contribution in [0, 0.1) is 0 Å². The van der Waals surface area contributed by atoms with E-state index in [2.05, 4.69) is 20.9 Å². The van der Waals surface area contributed by atoms with Crippen LogP contribution in [0.15, 0.2) is 28.7 Å². The molecule has 84 valence electrons. The van der Waals surface area contributed by atoms with Gasteiger partial charge in [-0.3, -0.25) is 0 Å². The van der Waals surface area contributed by atoms with Gasteiger partial charge in [-0.05, 0) is 28.1 Å². The van der Waals surface area contributed by atoms with Crippen LogP contribution in [0.5, 0.6) is 0 Å². The number of hydrogen-bond donors (Lipinski definition) is 0. The van der Waals surface area contributed by atoms with E-state index in [4.69, 9.17) is 11.6 Å². The van der Waals surface area contributed by atoms with Gasteiger partial charge in [0.05, 0.1) is 11.1 Å². The Morgan fingerprint density at radius 2 is 1.94 bits per heavy atom. The molecule has 6 heteroatoms. The predicted octanol–water partition coefficient (Wildman–Crippen LogP) is 4.67. The van der Waals surface area contributed by atoms with Crippen molar-refractivity contribution in [1.29, 1.82) is 0 Å². The van der Waals surface area contributed by atoms with E-state index in [0.29, 0.717) is 4.47 Å². The zero-order valence-corrected chi connectivity index (χ0v) is 9.99. The molecule has 0 amide bonds. The monoisotopic (exact) mass is 309 g/mol. The molecule has 0 N–H and O–H groups in total. The maximum Gasteiger partial charge on any atom is 0.417 e. The van der Waals surface area contributed by atoms with Gasteiger partial charge in [-0.2, -0.15) is 13.2 Å². The number of rotatable bonds is 0. The molecule has 1 aromatic carbocycles. The van der Waals surface area contributed by atoms with Gasteiger partial charge < -0.3 is 0 Å². The predicted molar refractivity (Wildman–Crippen MR) is 59.5 cm³/mol. The van der Waals surface area contributed by atoms with Crippen molar-refractivity contribution in [2.45, 2.75) is 6.18 Å². The molecule has 0 saturated carbocycles. The third kappa shape index (κ3) is 2.01. The zero-order chi connectivity index (χ0) is 11.9. The summed E-state index contributed by atoms with van der Waals surface area (Å²) in [5, 5.41) is -0.141. The van der Waals surface area contributed by atoms with Crippen LogP contribution in [-0.4, -0.2) is 4.98 Å². The molecule has 2 aromatic rings. The summed E-state index contributed by atoms with van der Waals surface area (Å²) in [6.07, 6.45) is -4.44. The lowest BCUT2D eigenvalue weighted by Gasteiger charge is -2.11. The quantitative estimate of drug-likeness (QED) is 0.644. The van der Waals surface area contributed by atoms with Crippen LogP contribution in [0.4, 0.5) is 13.2 Å². The Hall–Kier alpha value is -0.810. The van der Waals surface area contributed by atoms with E-state index in [9.17, 15) is 13.2 Å². The molecule has 0 fully saturated rings. The summed E-state index contributed by atoms with van der Waals surface area (Å²) < 4.78 is 38.7. The largest absolute Gasteiger partial charge is 0.417 e. The third-order valence-electron chi connectivity index (χ3n) is 2.06. The summed E-state index contributed by atoms with van der Waals surface area (Å²) in [6, 6.07) is 5.34. The highest BCUT2D eigenvalue weighted by Crippen LogP contribution is 2.37. The first-order valence-electron chi connectivity index (χ1n) is 4.21. The summed E-state index contributed by atoms with van der Waals surface area (Å²) in [5.41, 5.74) is -0.564. The topological polar surface area (TPSA) is 12.9 Å². The normalized spacial score (nSPS) is 12.1. The lowest BCUT2D eigenvalue weighted by Crippen LogP contribution is -2.06. The van der Waals surface area contributed by atoms with Gasteiger partial charge >= 0.3 is 6.18 Å². The number of alkyl halides is 3. The zero-order valence-electron chi connectivity index (χ0n) is 7.65. The highest BCUT2D eigenvalue weighted by atomic mass is 79.9. The van der Waals surface area contributed by atoms with Crippen molar-refractivity contribution in [1.82, 2.24) is 4.98 Å². The van der Waals surface area contributed by atoms with E-state index < -0.39 is 11.7 Å². The van der Waals surface area contributed by atoms with Gasteiger partial charge in [-0.15, -0.1) is 0 Å². The van der Waals surface area contributed by atoms with E-state index in [-0.39, 0.29) is 16.1 Å². The van der Waals surface area contributed by atoms with Gasteiger partial charge in [0.1, 0.15) is 5.15 Å². The van der Waals surface area contributed by atoms with Gasteiger partial charge in [0.15, 0.2) is 0 Å². The Bertz CT molecular complexity index is 553. The molecule has 2 rings (SSSR count). The van der Waals surface area contributed by atoms with Crippen molar-refractivity contribution >= 4 is 38.4 Å². The number of hydrogen-bond acceptors (Lipinski definition) is 1. The number of benzene rings is 1. The minimum atomic E-state index is -4.44. The lowest BCUT2D eigenvalue weighted by atomic mass is 10.1. The minimum Gasteiger partial charge on any atom is -0.235 e. The van der Waals surface area contributed by atoms with Crippen molar-refractivity contribution in [3.63, 3.8) is 0 Å². The Morgan fingerprint density at radius 3 is 2.56 bits per heavy atom. The van der Waals surface area contributed by atoms with Crippen molar-refractivity contribution in [3.05, 3.63) is 39.5 Å². The average Bonchev–Trinajstić information content (AvgIpc) is 2.17. The second kappa shape index (κ2) is 3.89. The van der Waals surface area contributed by atoms with Crippen LogP contribution in [0.1, 0.15) is 5.56 Å². The molecule has 0 saturated heterocycles. The molecule has 1 aromatic heterocycles. The van der Waals surface area contributed by atoms with Gasteiger partial charge in [-0.1, -0.05) is 23.7 Å². The molecule has 0 unspecified atom stereocenters. The smallest absolute Gasteiger partial charge is 0.235 e. The number of pyridine rings is 1. The van der Waals surface area contributed by atoms with Crippen molar-refractivity contribution in [2.24, 2.45) is 0 Å². The van der Waals surface area contributed by atoms with Crippen LogP contribution in [0.3, 0.4) is 0 Å². The standard InChI is InChI=1S/C10H4BrClF3N/c11-7-3-1-2-5-6(10(13,14)15)4-8(12)16-9(5)7/h1-4H. The van der Waals surface area contributed by atoms with E-state index >= 15 is 0 Å². The van der Waals surface area contributed by atoms with Crippen LogP contribution < -0.4 is 0 Å². The first-order chi connectivity index (χ1) is 7.39. The van der Waals surface area contributed by atoms with Crippen molar-refractivity contribution in [2.75, 3.05) is 0 Å². The Balaban J connectivity index is 2.89. The molecule has 0 atom stereocenters. The Labute approximate surface area is 102 Å². The van der Waals surface area contributed by atoms with Crippen LogP contribution in [0.25, 0.3) is 10.9 Å². The van der Waals surface area contributed by atoms with Crippen molar-refractivity contribution in [3.8, 4) is 0 Å². The molecule has 1 nitrogen and oxygen atoms in total. The molecule has 0 aliphatic carbocycles. The number of halogens is 5. The molecule has 0 bridgehead atoms. The number of fused-ring (bicyclic) bond motifs is 1. The molecule has 16 heavy (non-hydrogen) atoms. The van der Waals surface area contributed by atoms with E-state index in [1.54, 1.807) is 6.07 Å². The molecule has 0 spiro atoms. The Kier molecular flexibility index (Phi) is 2.84. The maximum atomic E-state index is 12.7. The fourth-order valence-electron chi connectivity index (χ4n) is 1.42. The molecule has 0 aliphatic rings. The van der Waals surface area contributed by atoms with Crippen LogP contribution in [0.2, 0.25) is 5.15 Å². The summed E-state index contributed by atoms with van der Waals surface area (Å²) in [7, 11) is 0. The third-order valence-corrected chi connectivity index (χ3v) is 2.90. The van der Waals surface area contributed by atoms with Gasteiger partial charge in [0, 0.05) is 9.86 Å². The SMILES string of the molecule is FC(F)(F)c1cc(Cl)nc2c(Br)cccc12. The van der Waals surface area contributed by atoms with Gasteiger partial charge in [-0.25, -0.2) is 4.98 Å². The number of nitrogens with zero attached hydrogens (tertiary/aromatic N) is 1. The highest BCUT2D eigenvalue weighted by Gasteiger charge is 2.33. The van der Waals surface area contributed by atoms with E-state index in [0.717, 1.165) is 6.07 Å². The summed E-state index contributed by atoms with van der Waals surface area (Å²) in [5.74, 6) is 0. The lowest BCUT2D eigenvalue weighted by molar-refractivity contribution is -0.136. The fourth-order valence-corrected chi connectivity index (χ4v) is 2.07. The van der Waals surface area contributed by atoms with Crippen molar-refractivity contribution < 1.29 is 13.2 Å². The second-order valence-corrected chi connectivity index (χ2v) is 4.37. The molecule has 0 radical (unpaired) electrons. The first-order valence-corrected chi connectivity index (χ1v) is 5.38. The molecule has 0 aliphatic heterocycles. The molecular weight excluding hydrogens is 306 g/mol. The molecule has 1 heterocycles. The number of para-hydroxylation sites is 1. The second-order valence-electron chi connectivity index (χ2n) is 3.13. The average molecular weight is 311 g/mol. The summed E-state index contributed by atoms with van der Waals surface area (Å²) in [6.45, 7) is 0. The van der Waals surface area contributed by atoms with Crippen LogP contribution in [-0.2, 0) is 6.18 Å². The van der Waals surface area contributed by atoms with Crippen LogP contribution >= 0.6 is 27.5 Å². The molecular formula is C10H4BrClF3N. The first kappa shape index (κ1) is 11.7.